The van der Waals surface area contributed by atoms with Crippen molar-refractivity contribution in [3.8, 4) is 0 Å². The van der Waals surface area contributed by atoms with Gasteiger partial charge in [-0.05, 0) is 44.0 Å². The van der Waals surface area contributed by atoms with Crippen molar-refractivity contribution in [1.29, 1.82) is 0 Å². The molecule has 3 heterocycles. The van der Waals surface area contributed by atoms with E-state index >= 15 is 0 Å². The number of amides is 2. The fraction of sp³-hybridized carbons (Fsp3) is 0.391. The highest BCUT2D eigenvalue weighted by molar-refractivity contribution is 5.99. The minimum atomic E-state index is -0.669. The van der Waals surface area contributed by atoms with Crippen LogP contribution in [0.3, 0.4) is 0 Å². The van der Waals surface area contributed by atoms with Crippen molar-refractivity contribution < 1.29 is 9.59 Å². The third kappa shape index (κ3) is 4.03. The number of aryl methyl sites for hydroxylation is 1. The van der Waals surface area contributed by atoms with E-state index in [0.717, 1.165) is 16.9 Å². The number of aromatic amines is 1. The predicted molar refractivity (Wildman–Crippen MR) is 125 cm³/mol. The van der Waals surface area contributed by atoms with E-state index in [9.17, 15) is 9.59 Å². The number of hydrogen-bond donors (Lipinski definition) is 3. The van der Waals surface area contributed by atoms with Gasteiger partial charge in [-0.2, -0.15) is 0 Å². The van der Waals surface area contributed by atoms with Gasteiger partial charge >= 0.3 is 0 Å². The third-order valence-electron chi connectivity index (χ3n) is 6.17. The zero-order valence-corrected chi connectivity index (χ0v) is 18.7. The maximum atomic E-state index is 13.3. The lowest BCUT2D eigenvalue weighted by atomic mass is 9.77. The summed E-state index contributed by atoms with van der Waals surface area (Å²) in [4.78, 5) is 41.5. The van der Waals surface area contributed by atoms with Crippen LogP contribution in [-0.2, 0) is 4.79 Å². The molecular formula is C23H29N7O2. The van der Waals surface area contributed by atoms with Crippen LogP contribution in [0.15, 0.2) is 36.5 Å². The molecule has 0 atom stereocenters. The van der Waals surface area contributed by atoms with E-state index in [4.69, 9.17) is 5.73 Å². The molecule has 1 saturated heterocycles. The van der Waals surface area contributed by atoms with Crippen LogP contribution in [0.2, 0.25) is 0 Å². The SMILES string of the molecule is Cc1nc(N2CCC(CN)(C(=O)Nc3cccc(C(=O)N(C)C)c3)CC2)c2cc[nH]c2n1. The molecule has 0 bridgehead atoms. The van der Waals surface area contributed by atoms with Crippen LogP contribution in [0.1, 0.15) is 29.0 Å². The summed E-state index contributed by atoms with van der Waals surface area (Å²) in [6, 6.07) is 8.97. The van der Waals surface area contributed by atoms with Gasteiger partial charge in [-0.15, -0.1) is 0 Å². The van der Waals surface area contributed by atoms with Crippen LogP contribution < -0.4 is 16.0 Å². The van der Waals surface area contributed by atoms with E-state index in [1.807, 2.05) is 19.2 Å². The molecule has 9 nitrogen and oxygen atoms in total. The zero-order chi connectivity index (χ0) is 22.9. The molecule has 9 heteroatoms. The van der Waals surface area contributed by atoms with Crippen molar-refractivity contribution in [3.05, 3.63) is 47.9 Å². The molecule has 0 radical (unpaired) electrons. The summed E-state index contributed by atoms with van der Waals surface area (Å²) in [5.74, 6) is 1.36. The number of carbonyl (C=O) groups excluding carboxylic acids is 2. The summed E-state index contributed by atoms with van der Waals surface area (Å²) in [6.45, 7) is 3.47. The predicted octanol–water partition coefficient (Wildman–Crippen LogP) is 2.15. The number of rotatable bonds is 5. The Kier molecular flexibility index (Phi) is 5.84. The molecule has 2 aromatic heterocycles. The molecule has 1 fully saturated rings. The van der Waals surface area contributed by atoms with Gasteiger partial charge < -0.3 is 25.8 Å². The minimum Gasteiger partial charge on any atom is -0.356 e. The fourth-order valence-electron chi connectivity index (χ4n) is 4.20. The van der Waals surface area contributed by atoms with Crippen molar-refractivity contribution in [1.82, 2.24) is 19.9 Å². The average molecular weight is 436 g/mol. The number of nitrogens with zero attached hydrogens (tertiary/aromatic N) is 4. The van der Waals surface area contributed by atoms with Gasteiger partial charge in [0.1, 0.15) is 17.3 Å². The number of fused-ring (bicyclic) bond motifs is 1. The van der Waals surface area contributed by atoms with Gasteiger partial charge in [-0.1, -0.05) is 6.07 Å². The summed E-state index contributed by atoms with van der Waals surface area (Å²) < 4.78 is 0. The van der Waals surface area contributed by atoms with Crippen LogP contribution in [0, 0.1) is 12.3 Å². The highest BCUT2D eigenvalue weighted by atomic mass is 16.2. The highest BCUT2D eigenvalue weighted by Gasteiger charge is 2.41. The van der Waals surface area contributed by atoms with Crippen molar-refractivity contribution in [2.24, 2.45) is 11.1 Å². The standard InChI is InChI=1S/C23H29N7O2/c1-15-26-19-18(7-10-25-19)20(27-15)30-11-8-23(14-24,9-12-30)22(32)28-17-6-4-5-16(13-17)21(31)29(2)3/h4-7,10,13H,8-9,11-12,14,24H2,1-3H3,(H,28,32)(H,25,26,27). The molecule has 4 rings (SSSR count). The topological polar surface area (TPSA) is 120 Å². The Morgan fingerprint density at radius 1 is 1.22 bits per heavy atom. The smallest absolute Gasteiger partial charge is 0.253 e. The van der Waals surface area contributed by atoms with E-state index in [0.29, 0.717) is 43.0 Å². The Hall–Kier alpha value is -3.46. The Bertz CT molecular complexity index is 1150. The van der Waals surface area contributed by atoms with Crippen molar-refractivity contribution in [2.45, 2.75) is 19.8 Å². The second kappa shape index (κ2) is 8.58. The molecule has 32 heavy (non-hydrogen) atoms. The molecule has 1 aliphatic heterocycles. The van der Waals surface area contributed by atoms with Crippen LogP contribution in [0.25, 0.3) is 11.0 Å². The zero-order valence-electron chi connectivity index (χ0n) is 18.7. The average Bonchev–Trinajstić information content (AvgIpc) is 3.26. The number of hydrogen-bond acceptors (Lipinski definition) is 6. The van der Waals surface area contributed by atoms with Crippen LogP contribution in [0.4, 0.5) is 11.5 Å². The molecule has 0 spiro atoms. The number of benzene rings is 1. The first-order valence-corrected chi connectivity index (χ1v) is 10.7. The molecule has 4 N–H and O–H groups in total. The molecule has 2 amide bonds. The van der Waals surface area contributed by atoms with Gasteiger partial charge in [-0.25, -0.2) is 9.97 Å². The number of piperidine rings is 1. The van der Waals surface area contributed by atoms with Crippen molar-refractivity contribution in [2.75, 3.05) is 43.9 Å². The van der Waals surface area contributed by atoms with E-state index in [1.54, 1.807) is 38.4 Å². The summed E-state index contributed by atoms with van der Waals surface area (Å²) in [7, 11) is 3.40. The first-order valence-electron chi connectivity index (χ1n) is 10.7. The highest BCUT2D eigenvalue weighted by Crippen LogP contribution is 2.35. The van der Waals surface area contributed by atoms with Gasteiger partial charge in [-0.3, -0.25) is 9.59 Å². The number of H-pyrrole nitrogens is 1. The van der Waals surface area contributed by atoms with Crippen molar-refractivity contribution >= 4 is 34.4 Å². The molecule has 0 saturated carbocycles. The normalized spacial score (nSPS) is 15.6. The lowest BCUT2D eigenvalue weighted by Crippen LogP contribution is -2.50. The van der Waals surface area contributed by atoms with Crippen LogP contribution >= 0.6 is 0 Å². The first kappa shape index (κ1) is 21.8. The minimum absolute atomic E-state index is 0.111. The van der Waals surface area contributed by atoms with Crippen molar-refractivity contribution in [3.63, 3.8) is 0 Å². The van der Waals surface area contributed by atoms with Gasteiger partial charge in [0.05, 0.1) is 10.8 Å². The fourth-order valence-corrected chi connectivity index (χ4v) is 4.20. The van der Waals surface area contributed by atoms with Crippen LogP contribution in [0.5, 0.6) is 0 Å². The molecule has 0 unspecified atom stereocenters. The van der Waals surface area contributed by atoms with E-state index in [-0.39, 0.29) is 18.4 Å². The number of nitrogens with one attached hydrogen (secondary N) is 2. The van der Waals surface area contributed by atoms with Gasteiger partial charge in [0, 0.05) is 51.2 Å². The summed E-state index contributed by atoms with van der Waals surface area (Å²) in [5.41, 5.74) is 7.39. The maximum absolute atomic E-state index is 13.3. The molecule has 1 aromatic carbocycles. The molecule has 0 aliphatic carbocycles. The van der Waals surface area contributed by atoms with Gasteiger partial charge in [0.15, 0.2) is 0 Å². The second-order valence-corrected chi connectivity index (χ2v) is 8.54. The molecule has 3 aromatic rings. The third-order valence-corrected chi connectivity index (χ3v) is 6.17. The number of nitrogens with two attached hydrogens (primary N) is 1. The first-order chi connectivity index (χ1) is 15.3. The maximum Gasteiger partial charge on any atom is 0.253 e. The Labute approximate surface area is 187 Å². The Morgan fingerprint density at radius 3 is 2.66 bits per heavy atom. The van der Waals surface area contributed by atoms with Gasteiger partial charge in [0.25, 0.3) is 5.91 Å². The lowest BCUT2D eigenvalue weighted by molar-refractivity contribution is -0.126. The largest absolute Gasteiger partial charge is 0.356 e. The van der Waals surface area contributed by atoms with E-state index in [2.05, 4.69) is 25.2 Å². The quantitative estimate of drug-likeness (QED) is 0.565. The monoisotopic (exact) mass is 435 g/mol. The van der Waals surface area contributed by atoms with Crippen LogP contribution in [-0.4, -0.2) is 65.4 Å². The molecule has 168 valence electrons. The van der Waals surface area contributed by atoms with E-state index < -0.39 is 5.41 Å². The molecular weight excluding hydrogens is 406 g/mol. The Balaban J connectivity index is 1.49. The molecule has 1 aliphatic rings. The number of anilines is 2. The summed E-state index contributed by atoms with van der Waals surface area (Å²) >= 11 is 0. The second-order valence-electron chi connectivity index (χ2n) is 8.54. The Morgan fingerprint density at radius 2 is 1.97 bits per heavy atom. The summed E-state index contributed by atoms with van der Waals surface area (Å²) in [5, 5.41) is 3.96. The number of aromatic nitrogens is 3. The lowest BCUT2D eigenvalue weighted by Gasteiger charge is -2.40. The number of carbonyl (C=O) groups is 2. The van der Waals surface area contributed by atoms with E-state index in [1.165, 1.54) is 4.90 Å². The summed E-state index contributed by atoms with van der Waals surface area (Å²) in [6.07, 6.45) is 3.08. The van der Waals surface area contributed by atoms with Gasteiger partial charge in [0.2, 0.25) is 5.91 Å².